The number of methoxy groups -OCH3 is 1. The summed E-state index contributed by atoms with van der Waals surface area (Å²) in [6.07, 6.45) is 7.05. The van der Waals surface area contributed by atoms with Gasteiger partial charge in [0.25, 0.3) is 0 Å². The van der Waals surface area contributed by atoms with Gasteiger partial charge in [-0.1, -0.05) is 50.3 Å². The Hall–Kier alpha value is -3.16. The monoisotopic (exact) mass is 481 g/mol. The highest BCUT2D eigenvalue weighted by Gasteiger charge is 2.34. The van der Waals surface area contributed by atoms with E-state index in [1.54, 1.807) is 0 Å². The van der Waals surface area contributed by atoms with Crippen molar-refractivity contribution in [1.29, 1.82) is 0 Å². The van der Waals surface area contributed by atoms with Gasteiger partial charge in [-0.3, -0.25) is 14.4 Å². The molecule has 1 aliphatic heterocycles. The molecule has 4 rings (SSSR count). The quantitative estimate of drug-likeness (QED) is 0.355. The molecule has 2 aromatic rings. The number of para-hydroxylation sites is 1. The second-order valence-corrected chi connectivity index (χ2v) is 9.93. The van der Waals surface area contributed by atoms with Crippen LogP contribution in [-0.4, -0.2) is 48.2 Å². The van der Waals surface area contributed by atoms with Crippen LogP contribution in [0.2, 0.25) is 0 Å². The maximum Gasteiger partial charge on any atom is 0.328 e. The Bertz CT molecular complexity index is 1040. The number of amides is 2. The van der Waals surface area contributed by atoms with E-state index in [-0.39, 0.29) is 36.4 Å². The minimum atomic E-state index is -0.918. The number of Topliss-reactive ketones (excluding diaryl/α,β-unsaturated/α-hetero) is 1. The first-order valence-corrected chi connectivity index (χ1v) is 12.7. The topological polar surface area (TPSA) is 117 Å². The van der Waals surface area contributed by atoms with Crippen molar-refractivity contribution in [3.8, 4) is 0 Å². The van der Waals surface area contributed by atoms with Gasteiger partial charge in [-0.2, -0.15) is 0 Å². The summed E-state index contributed by atoms with van der Waals surface area (Å²) in [5, 5.41) is 6.55. The molecule has 1 aliphatic carbocycles. The molecule has 8 heteroatoms. The molecule has 35 heavy (non-hydrogen) atoms. The summed E-state index contributed by atoms with van der Waals surface area (Å²) in [6.45, 7) is 0.564. The average molecular weight is 482 g/mol. The number of H-pyrrole nitrogens is 1. The van der Waals surface area contributed by atoms with Crippen molar-refractivity contribution in [3.05, 3.63) is 36.0 Å². The molecule has 1 saturated carbocycles. The van der Waals surface area contributed by atoms with E-state index in [0.717, 1.165) is 36.6 Å². The Morgan fingerprint density at radius 3 is 2.54 bits per heavy atom. The van der Waals surface area contributed by atoms with Crippen molar-refractivity contribution >= 4 is 34.5 Å². The molecule has 0 spiro atoms. The van der Waals surface area contributed by atoms with E-state index >= 15 is 0 Å². The number of benzene rings is 1. The highest BCUT2D eigenvalue weighted by Crippen LogP contribution is 2.31. The minimum Gasteiger partial charge on any atom is -0.467 e. The normalized spacial score (nSPS) is 20.3. The van der Waals surface area contributed by atoms with Gasteiger partial charge in [-0.25, -0.2) is 4.79 Å². The standard InChI is InChI=1S/C27H35N3O5/c1-35-27(34)23(15-19-11-12-28-25(19)32)30-26(33)20(13-17-7-3-2-4-8-17)16-24(31)22-14-18-9-5-6-10-21(18)29-22/h5-6,9-10,14,17,19-20,23,29H,2-4,7-8,11-13,15-16H2,1H3,(H,28,32)(H,30,33)/t19-,20+,23-/m0/s1. The van der Waals surface area contributed by atoms with Crippen molar-refractivity contribution in [1.82, 2.24) is 15.6 Å². The fourth-order valence-corrected chi connectivity index (χ4v) is 5.47. The third kappa shape index (κ3) is 6.29. The molecule has 2 aliphatic rings. The molecular formula is C27H35N3O5. The number of aromatic amines is 1. The van der Waals surface area contributed by atoms with Crippen molar-refractivity contribution in [2.24, 2.45) is 17.8 Å². The van der Waals surface area contributed by atoms with Gasteiger partial charge in [-0.15, -0.1) is 0 Å². The van der Waals surface area contributed by atoms with Crippen LogP contribution in [-0.2, 0) is 19.1 Å². The van der Waals surface area contributed by atoms with Gasteiger partial charge in [0, 0.05) is 35.7 Å². The van der Waals surface area contributed by atoms with Crippen molar-refractivity contribution < 1.29 is 23.9 Å². The van der Waals surface area contributed by atoms with Gasteiger partial charge in [0.2, 0.25) is 11.8 Å². The molecule has 8 nitrogen and oxygen atoms in total. The zero-order chi connectivity index (χ0) is 24.8. The number of carbonyl (C=O) groups is 4. The predicted molar refractivity (Wildman–Crippen MR) is 132 cm³/mol. The van der Waals surface area contributed by atoms with E-state index in [0.29, 0.717) is 31.0 Å². The van der Waals surface area contributed by atoms with Crippen LogP contribution in [0.25, 0.3) is 10.9 Å². The number of esters is 1. The van der Waals surface area contributed by atoms with Crippen molar-refractivity contribution in [2.75, 3.05) is 13.7 Å². The third-order valence-corrected chi connectivity index (χ3v) is 7.46. The van der Waals surface area contributed by atoms with Crippen LogP contribution in [0.1, 0.15) is 68.3 Å². The van der Waals surface area contributed by atoms with Gasteiger partial charge < -0.3 is 20.4 Å². The van der Waals surface area contributed by atoms with E-state index in [2.05, 4.69) is 15.6 Å². The van der Waals surface area contributed by atoms with Crippen molar-refractivity contribution in [2.45, 2.75) is 63.8 Å². The van der Waals surface area contributed by atoms with Crippen molar-refractivity contribution in [3.63, 3.8) is 0 Å². The molecule has 188 valence electrons. The van der Waals surface area contributed by atoms with Crippen LogP contribution in [0.5, 0.6) is 0 Å². The molecule has 0 radical (unpaired) electrons. The lowest BCUT2D eigenvalue weighted by Gasteiger charge is -2.27. The molecule has 1 aromatic carbocycles. The number of rotatable bonds is 10. The first kappa shape index (κ1) is 24.9. The number of ketones is 1. The van der Waals surface area contributed by atoms with Gasteiger partial charge in [0.1, 0.15) is 6.04 Å². The second kappa shape index (κ2) is 11.5. The number of hydrogen-bond donors (Lipinski definition) is 3. The molecule has 0 bridgehead atoms. The molecule has 3 N–H and O–H groups in total. The fourth-order valence-electron chi connectivity index (χ4n) is 5.47. The van der Waals surface area contributed by atoms with Crippen LogP contribution in [0.15, 0.2) is 30.3 Å². The first-order valence-electron chi connectivity index (χ1n) is 12.7. The molecule has 2 fully saturated rings. The predicted octanol–water partition coefficient (Wildman–Crippen LogP) is 3.51. The van der Waals surface area contributed by atoms with Gasteiger partial charge >= 0.3 is 5.97 Å². The summed E-state index contributed by atoms with van der Waals surface area (Å²) in [7, 11) is 1.27. The lowest BCUT2D eigenvalue weighted by atomic mass is 9.80. The largest absolute Gasteiger partial charge is 0.467 e. The second-order valence-electron chi connectivity index (χ2n) is 9.93. The molecule has 0 unspecified atom stereocenters. The number of ether oxygens (including phenoxy) is 1. The average Bonchev–Trinajstić information content (AvgIpc) is 3.49. The number of aromatic nitrogens is 1. The maximum absolute atomic E-state index is 13.5. The highest BCUT2D eigenvalue weighted by atomic mass is 16.5. The van der Waals surface area contributed by atoms with Crippen LogP contribution < -0.4 is 10.6 Å². The molecular weight excluding hydrogens is 446 g/mol. The summed E-state index contributed by atoms with van der Waals surface area (Å²) in [5.74, 6) is -1.65. The Kier molecular flexibility index (Phi) is 8.21. The smallest absolute Gasteiger partial charge is 0.328 e. The Morgan fingerprint density at radius 1 is 1.09 bits per heavy atom. The van der Waals surface area contributed by atoms with Gasteiger partial charge in [-0.05, 0) is 37.3 Å². The van der Waals surface area contributed by atoms with E-state index in [4.69, 9.17) is 4.74 Å². The van der Waals surface area contributed by atoms with E-state index in [9.17, 15) is 19.2 Å². The zero-order valence-electron chi connectivity index (χ0n) is 20.3. The summed E-state index contributed by atoms with van der Waals surface area (Å²) in [6, 6.07) is 8.58. The Balaban J connectivity index is 1.49. The lowest BCUT2D eigenvalue weighted by Crippen LogP contribution is -2.46. The summed E-state index contributed by atoms with van der Waals surface area (Å²) < 4.78 is 4.92. The molecule has 1 saturated heterocycles. The lowest BCUT2D eigenvalue weighted by molar-refractivity contribution is -0.146. The van der Waals surface area contributed by atoms with Crippen LogP contribution in [0.4, 0.5) is 0 Å². The molecule has 2 heterocycles. The van der Waals surface area contributed by atoms with E-state index in [1.165, 1.54) is 13.5 Å². The Labute approximate surface area is 205 Å². The summed E-state index contributed by atoms with van der Waals surface area (Å²) in [4.78, 5) is 54.3. The van der Waals surface area contributed by atoms with E-state index in [1.807, 2.05) is 30.3 Å². The zero-order valence-corrected chi connectivity index (χ0v) is 20.3. The number of fused-ring (bicyclic) bond motifs is 1. The van der Waals surface area contributed by atoms with E-state index < -0.39 is 17.9 Å². The fraction of sp³-hybridized carbons (Fsp3) is 0.556. The first-order chi connectivity index (χ1) is 16.9. The van der Waals surface area contributed by atoms with Gasteiger partial charge in [0.15, 0.2) is 5.78 Å². The summed E-state index contributed by atoms with van der Waals surface area (Å²) in [5.41, 5.74) is 1.37. The number of nitrogens with one attached hydrogen (secondary N) is 3. The maximum atomic E-state index is 13.5. The van der Waals surface area contributed by atoms with Gasteiger partial charge in [0.05, 0.1) is 12.8 Å². The highest BCUT2D eigenvalue weighted by molar-refractivity contribution is 6.01. The molecule has 3 atom stereocenters. The Morgan fingerprint density at radius 2 is 1.86 bits per heavy atom. The third-order valence-electron chi connectivity index (χ3n) is 7.46. The number of hydrogen-bond acceptors (Lipinski definition) is 5. The molecule has 1 aromatic heterocycles. The SMILES string of the molecule is COC(=O)[C@H](C[C@@H]1CCNC1=O)NC(=O)[C@@H](CC(=O)c1cc2ccccc2[nH]1)CC1CCCCC1. The van der Waals surface area contributed by atoms with Crippen LogP contribution >= 0.6 is 0 Å². The minimum absolute atomic E-state index is 0.0625. The summed E-state index contributed by atoms with van der Waals surface area (Å²) >= 11 is 0. The number of carbonyl (C=O) groups excluding carboxylic acids is 4. The molecule has 2 amide bonds. The van der Waals surface area contributed by atoms with Crippen LogP contribution in [0, 0.1) is 17.8 Å². The van der Waals surface area contributed by atoms with Crippen LogP contribution in [0.3, 0.4) is 0 Å².